The Morgan fingerprint density at radius 2 is 1.43 bits per heavy atom. The van der Waals surface area contributed by atoms with Gasteiger partial charge in [-0.05, 0) is 12.8 Å². The normalized spacial score (nSPS) is 12.0. The summed E-state index contributed by atoms with van der Waals surface area (Å²) >= 11 is 0. The molecule has 0 aliphatic carbocycles. The van der Waals surface area contributed by atoms with Crippen molar-refractivity contribution in [2.45, 2.75) is 32.6 Å². The van der Waals surface area contributed by atoms with Gasteiger partial charge in [-0.2, -0.15) is 0 Å². The first-order chi connectivity index (χ1) is 13.6. The lowest BCUT2D eigenvalue weighted by atomic mass is 10.2. The van der Waals surface area contributed by atoms with Gasteiger partial charge in [-0.3, -0.25) is 9.59 Å². The monoisotopic (exact) mass is 426 g/mol. The Morgan fingerprint density at radius 3 is 2.04 bits per heavy atom. The SMILES string of the molecule is COP(O)OCCOCCOCCOCCNC(=O)CCCCCNC(C)=O. The average molecular weight is 426 g/mol. The van der Waals surface area contributed by atoms with Crippen molar-refractivity contribution in [1.82, 2.24) is 10.6 Å². The van der Waals surface area contributed by atoms with E-state index in [0.717, 1.165) is 19.3 Å². The van der Waals surface area contributed by atoms with Gasteiger partial charge in [0.15, 0.2) is 0 Å². The summed E-state index contributed by atoms with van der Waals surface area (Å²) in [5, 5.41) is 5.53. The number of nitrogens with one attached hydrogen (secondary N) is 2. The van der Waals surface area contributed by atoms with Crippen molar-refractivity contribution in [3.63, 3.8) is 0 Å². The van der Waals surface area contributed by atoms with Gasteiger partial charge >= 0.3 is 8.60 Å². The summed E-state index contributed by atoms with van der Waals surface area (Å²) in [7, 11) is -0.423. The predicted octanol–water partition coefficient (Wildman–Crippen LogP) is 0.731. The number of hydrogen-bond acceptors (Lipinski definition) is 8. The molecule has 0 aliphatic heterocycles. The number of ether oxygens (including phenoxy) is 3. The third kappa shape index (κ3) is 21.4. The summed E-state index contributed by atoms with van der Waals surface area (Å²) < 4.78 is 25.4. The summed E-state index contributed by atoms with van der Waals surface area (Å²) in [5.41, 5.74) is 0. The molecular formula is C17H35N2O8P. The van der Waals surface area contributed by atoms with E-state index in [1.807, 2.05) is 0 Å². The Hall–Kier alpha value is -0.870. The van der Waals surface area contributed by atoms with E-state index in [0.29, 0.717) is 59.2 Å². The highest BCUT2D eigenvalue weighted by Gasteiger charge is 2.02. The highest BCUT2D eigenvalue weighted by atomic mass is 31.2. The molecule has 0 saturated carbocycles. The Kier molecular flexibility index (Phi) is 20.2. The van der Waals surface area contributed by atoms with Crippen molar-refractivity contribution in [3.8, 4) is 0 Å². The van der Waals surface area contributed by atoms with Crippen LogP contribution in [0.3, 0.4) is 0 Å². The number of rotatable bonds is 20. The highest BCUT2D eigenvalue weighted by molar-refractivity contribution is 7.40. The van der Waals surface area contributed by atoms with Crippen LogP contribution in [0, 0.1) is 0 Å². The van der Waals surface area contributed by atoms with Gasteiger partial charge in [0, 0.05) is 33.5 Å². The van der Waals surface area contributed by atoms with Crippen LogP contribution in [0.1, 0.15) is 32.6 Å². The maximum absolute atomic E-state index is 11.6. The first-order valence-electron chi connectivity index (χ1n) is 9.46. The quantitative estimate of drug-likeness (QED) is 0.192. The zero-order valence-corrected chi connectivity index (χ0v) is 17.8. The lowest BCUT2D eigenvalue weighted by Crippen LogP contribution is -2.27. The number of carbonyl (C=O) groups excluding carboxylic acids is 2. The van der Waals surface area contributed by atoms with E-state index >= 15 is 0 Å². The molecule has 10 nitrogen and oxygen atoms in total. The van der Waals surface area contributed by atoms with Crippen molar-refractivity contribution in [2.24, 2.45) is 0 Å². The molecular weight excluding hydrogens is 391 g/mol. The van der Waals surface area contributed by atoms with Gasteiger partial charge in [-0.25, -0.2) is 0 Å². The minimum absolute atomic E-state index is 0.0137. The third-order valence-corrected chi connectivity index (χ3v) is 4.07. The van der Waals surface area contributed by atoms with Crippen LogP contribution >= 0.6 is 8.60 Å². The van der Waals surface area contributed by atoms with E-state index in [-0.39, 0.29) is 18.4 Å². The summed E-state index contributed by atoms with van der Waals surface area (Å²) in [4.78, 5) is 31.3. The van der Waals surface area contributed by atoms with E-state index in [1.165, 1.54) is 14.0 Å². The van der Waals surface area contributed by atoms with Gasteiger partial charge in [0.2, 0.25) is 11.8 Å². The van der Waals surface area contributed by atoms with E-state index in [4.69, 9.17) is 23.6 Å². The molecule has 3 N–H and O–H groups in total. The summed E-state index contributed by atoms with van der Waals surface area (Å²) in [6, 6.07) is 0. The standard InChI is InChI=1S/C17H35N2O8P/c1-16(20)18-7-5-3-4-6-17(21)19-8-9-24-10-11-25-12-13-26-14-15-27-28(22)23-2/h22H,3-15H2,1-2H3,(H,18,20)(H,19,21). The Labute approximate surface area is 168 Å². The molecule has 0 fully saturated rings. The topological polar surface area (TPSA) is 125 Å². The first kappa shape index (κ1) is 27.1. The fraction of sp³-hybridized carbons (Fsp3) is 0.882. The Morgan fingerprint density at radius 1 is 0.821 bits per heavy atom. The smallest absolute Gasteiger partial charge is 0.329 e. The molecule has 166 valence electrons. The summed E-state index contributed by atoms with van der Waals surface area (Å²) in [6.07, 6.45) is 3.09. The van der Waals surface area contributed by atoms with Crippen LogP contribution in [0.25, 0.3) is 0 Å². The predicted molar refractivity (Wildman–Crippen MR) is 105 cm³/mol. The molecule has 0 spiro atoms. The average Bonchev–Trinajstić information content (AvgIpc) is 2.67. The van der Waals surface area contributed by atoms with Crippen molar-refractivity contribution in [3.05, 3.63) is 0 Å². The molecule has 0 aromatic heterocycles. The van der Waals surface area contributed by atoms with Crippen molar-refractivity contribution in [2.75, 3.05) is 66.4 Å². The Bertz CT molecular complexity index is 390. The molecule has 28 heavy (non-hydrogen) atoms. The van der Waals surface area contributed by atoms with Gasteiger partial charge in [0.1, 0.15) is 0 Å². The van der Waals surface area contributed by atoms with Crippen LogP contribution in [0.2, 0.25) is 0 Å². The zero-order chi connectivity index (χ0) is 20.9. The van der Waals surface area contributed by atoms with Crippen LogP contribution in [-0.2, 0) is 32.8 Å². The highest BCUT2D eigenvalue weighted by Crippen LogP contribution is 2.30. The lowest BCUT2D eigenvalue weighted by Gasteiger charge is -2.09. The van der Waals surface area contributed by atoms with Crippen LogP contribution < -0.4 is 10.6 Å². The second-order valence-electron chi connectivity index (χ2n) is 5.73. The number of unbranched alkanes of at least 4 members (excludes halogenated alkanes) is 2. The molecule has 0 aromatic rings. The molecule has 0 saturated heterocycles. The van der Waals surface area contributed by atoms with E-state index < -0.39 is 8.60 Å². The maximum atomic E-state index is 11.6. The van der Waals surface area contributed by atoms with Gasteiger partial charge in [0.25, 0.3) is 0 Å². The Balaban J connectivity index is 3.18. The van der Waals surface area contributed by atoms with Crippen LogP contribution in [0.5, 0.6) is 0 Å². The van der Waals surface area contributed by atoms with E-state index in [2.05, 4.69) is 15.2 Å². The lowest BCUT2D eigenvalue weighted by molar-refractivity contribution is -0.121. The molecule has 0 bridgehead atoms. The molecule has 1 atom stereocenters. The van der Waals surface area contributed by atoms with Crippen LogP contribution in [0.4, 0.5) is 0 Å². The van der Waals surface area contributed by atoms with Crippen molar-refractivity contribution >= 4 is 20.4 Å². The number of carbonyl (C=O) groups is 2. The molecule has 0 aliphatic rings. The van der Waals surface area contributed by atoms with Gasteiger partial charge < -0.3 is 38.8 Å². The molecule has 0 heterocycles. The summed E-state index contributed by atoms with van der Waals surface area (Å²) in [5.74, 6) is -0.0119. The van der Waals surface area contributed by atoms with Gasteiger partial charge in [0.05, 0.1) is 46.2 Å². The molecule has 11 heteroatoms. The minimum Gasteiger partial charge on any atom is -0.377 e. The second-order valence-corrected chi connectivity index (χ2v) is 6.83. The van der Waals surface area contributed by atoms with Gasteiger partial charge in [-0.1, -0.05) is 6.42 Å². The molecule has 0 radical (unpaired) electrons. The summed E-state index contributed by atoms with van der Waals surface area (Å²) in [6.45, 7) is 5.47. The molecule has 1 unspecified atom stereocenters. The molecule has 2 amide bonds. The minimum atomic E-state index is -1.79. The fourth-order valence-corrected chi connectivity index (χ4v) is 2.31. The van der Waals surface area contributed by atoms with Crippen LogP contribution in [-0.4, -0.2) is 83.2 Å². The van der Waals surface area contributed by atoms with E-state index in [9.17, 15) is 9.59 Å². The second kappa shape index (κ2) is 20.9. The third-order valence-electron chi connectivity index (χ3n) is 3.35. The van der Waals surface area contributed by atoms with E-state index in [1.54, 1.807) is 0 Å². The number of amides is 2. The maximum Gasteiger partial charge on any atom is 0.329 e. The first-order valence-corrected chi connectivity index (χ1v) is 10.6. The number of hydrogen-bond donors (Lipinski definition) is 3. The largest absolute Gasteiger partial charge is 0.377 e. The van der Waals surface area contributed by atoms with Crippen LogP contribution in [0.15, 0.2) is 0 Å². The van der Waals surface area contributed by atoms with Gasteiger partial charge in [-0.15, -0.1) is 0 Å². The zero-order valence-electron chi connectivity index (χ0n) is 16.9. The fourth-order valence-electron chi connectivity index (χ4n) is 1.97. The van der Waals surface area contributed by atoms with Crippen molar-refractivity contribution in [1.29, 1.82) is 0 Å². The molecule has 0 rings (SSSR count). The van der Waals surface area contributed by atoms with Crippen molar-refractivity contribution < 1.29 is 37.7 Å². The molecule has 0 aromatic carbocycles.